The van der Waals surface area contributed by atoms with E-state index in [4.69, 9.17) is 4.74 Å². The maximum absolute atomic E-state index is 10.2. The van der Waals surface area contributed by atoms with Gasteiger partial charge in [-0.15, -0.1) is 0 Å². The Kier molecular flexibility index (Phi) is 6.35. The van der Waals surface area contributed by atoms with E-state index in [1.807, 2.05) is 77.9 Å². The van der Waals surface area contributed by atoms with Crippen molar-refractivity contribution in [2.45, 2.75) is 41.5 Å². The number of anilines is 3. The largest absolute Gasteiger partial charge is 0.508 e. The predicted octanol–water partition coefficient (Wildman–Crippen LogP) is 7.92. The molecule has 35 heavy (non-hydrogen) atoms. The molecule has 4 aromatic rings. The van der Waals surface area contributed by atoms with Crippen molar-refractivity contribution in [1.82, 2.24) is 0 Å². The zero-order valence-electron chi connectivity index (χ0n) is 21.0. The molecule has 4 aromatic carbocycles. The minimum Gasteiger partial charge on any atom is -0.508 e. The third-order valence-corrected chi connectivity index (χ3v) is 6.97. The maximum Gasteiger partial charge on any atom is 0.130 e. The Morgan fingerprint density at radius 3 is 1.40 bits per heavy atom. The van der Waals surface area contributed by atoms with Crippen LogP contribution >= 0.6 is 0 Å². The molecule has 5 heteroatoms. The van der Waals surface area contributed by atoms with E-state index in [1.165, 1.54) is 0 Å². The highest BCUT2D eigenvalue weighted by Crippen LogP contribution is 2.43. The lowest BCUT2D eigenvalue weighted by atomic mass is 10.0. The van der Waals surface area contributed by atoms with Crippen LogP contribution in [-0.2, 0) is 0 Å². The minimum absolute atomic E-state index is 0.250. The first kappa shape index (κ1) is 24.0. The fourth-order valence-corrected chi connectivity index (χ4v) is 4.16. The Morgan fingerprint density at radius 2 is 0.914 bits per heavy atom. The molecule has 0 heterocycles. The van der Waals surface area contributed by atoms with Crippen molar-refractivity contribution in [3.63, 3.8) is 0 Å². The number of phenols is 3. The molecule has 0 bridgehead atoms. The molecule has 4 rings (SSSR count). The molecule has 0 amide bonds. The first-order chi connectivity index (χ1) is 16.6. The van der Waals surface area contributed by atoms with Gasteiger partial charge in [-0.1, -0.05) is 0 Å². The Hall–Kier alpha value is -4.12. The van der Waals surface area contributed by atoms with E-state index in [2.05, 4.69) is 4.90 Å². The van der Waals surface area contributed by atoms with E-state index in [0.29, 0.717) is 11.5 Å². The summed E-state index contributed by atoms with van der Waals surface area (Å²) in [5, 5.41) is 30.4. The summed E-state index contributed by atoms with van der Waals surface area (Å²) < 4.78 is 6.11. The molecule has 180 valence electrons. The van der Waals surface area contributed by atoms with Gasteiger partial charge in [-0.3, -0.25) is 0 Å². The normalized spacial score (nSPS) is 10.9. The number of hydrogen-bond donors (Lipinski definition) is 3. The zero-order valence-corrected chi connectivity index (χ0v) is 21.0. The van der Waals surface area contributed by atoms with Gasteiger partial charge in [0.1, 0.15) is 28.7 Å². The van der Waals surface area contributed by atoms with Crippen molar-refractivity contribution in [2.75, 3.05) is 4.90 Å². The van der Waals surface area contributed by atoms with E-state index in [9.17, 15) is 15.3 Å². The molecular weight excluding hydrogens is 438 g/mol. The lowest BCUT2D eigenvalue weighted by Crippen LogP contribution is -2.13. The molecule has 0 aliphatic carbocycles. The molecule has 0 saturated carbocycles. The SMILES string of the molecule is Cc1c(O)ccc(Oc2ccc(N(c3ccc(O)c(C)c3C)c3ccc(O)c(C)c3C)cc2)c1C. The second-order valence-electron chi connectivity index (χ2n) is 8.97. The lowest BCUT2D eigenvalue weighted by Gasteiger charge is -2.30. The summed E-state index contributed by atoms with van der Waals surface area (Å²) in [4.78, 5) is 2.13. The topological polar surface area (TPSA) is 73.2 Å². The third kappa shape index (κ3) is 4.37. The summed E-state index contributed by atoms with van der Waals surface area (Å²) in [7, 11) is 0. The number of phenolic OH excluding ortho intramolecular Hbond substituents is 3. The summed E-state index contributed by atoms with van der Waals surface area (Å²) in [6, 6.07) is 18.4. The molecule has 0 aliphatic heterocycles. The van der Waals surface area contributed by atoms with Crippen LogP contribution in [0.4, 0.5) is 17.1 Å². The average molecular weight is 470 g/mol. The van der Waals surface area contributed by atoms with E-state index in [-0.39, 0.29) is 17.2 Å². The van der Waals surface area contributed by atoms with Crippen molar-refractivity contribution in [2.24, 2.45) is 0 Å². The summed E-state index contributed by atoms with van der Waals surface area (Å²) >= 11 is 0. The molecule has 0 aromatic heterocycles. The van der Waals surface area contributed by atoms with Gasteiger partial charge in [-0.25, -0.2) is 0 Å². The highest BCUT2D eigenvalue weighted by Gasteiger charge is 2.20. The number of rotatable bonds is 5. The van der Waals surface area contributed by atoms with E-state index < -0.39 is 0 Å². The van der Waals surface area contributed by atoms with Crippen LogP contribution in [0.1, 0.15) is 33.4 Å². The smallest absolute Gasteiger partial charge is 0.130 e. The number of ether oxygens (including phenoxy) is 1. The van der Waals surface area contributed by atoms with Gasteiger partial charge >= 0.3 is 0 Å². The molecule has 5 nitrogen and oxygen atoms in total. The van der Waals surface area contributed by atoms with Crippen LogP contribution in [0.2, 0.25) is 0 Å². The van der Waals surface area contributed by atoms with Gasteiger partial charge in [0, 0.05) is 17.1 Å². The van der Waals surface area contributed by atoms with Crippen molar-refractivity contribution in [3.05, 3.63) is 94.0 Å². The van der Waals surface area contributed by atoms with Gasteiger partial charge in [0.15, 0.2) is 0 Å². The molecule has 0 unspecified atom stereocenters. The number of hydrogen-bond acceptors (Lipinski definition) is 5. The highest BCUT2D eigenvalue weighted by atomic mass is 16.5. The molecule has 0 aliphatic rings. The standard InChI is InChI=1S/C30H31NO4/c1-17-19(3)27(32)13-11-25(17)31(26-12-14-28(33)20(4)18(26)2)23-7-9-24(10-8-23)35-30-16-15-29(34)21(5)22(30)6/h7-16,32-34H,1-6H3. The van der Waals surface area contributed by atoms with Crippen molar-refractivity contribution in [3.8, 4) is 28.7 Å². The van der Waals surface area contributed by atoms with E-state index in [0.717, 1.165) is 50.4 Å². The third-order valence-electron chi connectivity index (χ3n) is 6.97. The Balaban J connectivity index is 1.80. The van der Waals surface area contributed by atoms with E-state index >= 15 is 0 Å². The first-order valence-electron chi connectivity index (χ1n) is 11.6. The molecule has 0 fully saturated rings. The fraction of sp³-hybridized carbons (Fsp3) is 0.200. The fourth-order valence-electron chi connectivity index (χ4n) is 4.16. The van der Waals surface area contributed by atoms with Crippen LogP contribution < -0.4 is 9.64 Å². The molecule has 0 saturated heterocycles. The zero-order chi connectivity index (χ0) is 25.4. The predicted molar refractivity (Wildman–Crippen MR) is 141 cm³/mol. The van der Waals surface area contributed by atoms with Gasteiger partial charge in [0.2, 0.25) is 0 Å². The van der Waals surface area contributed by atoms with Gasteiger partial charge in [-0.05, 0) is 136 Å². The summed E-state index contributed by atoms with van der Waals surface area (Å²) in [6.07, 6.45) is 0. The van der Waals surface area contributed by atoms with Crippen molar-refractivity contribution in [1.29, 1.82) is 0 Å². The van der Waals surface area contributed by atoms with Crippen LogP contribution in [-0.4, -0.2) is 15.3 Å². The quantitative estimate of drug-likeness (QED) is 0.277. The van der Waals surface area contributed by atoms with Crippen LogP contribution in [0.5, 0.6) is 28.7 Å². The van der Waals surface area contributed by atoms with Crippen LogP contribution in [0, 0.1) is 41.5 Å². The Bertz CT molecular complexity index is 1350. The van der Waals surface area contributed by atoms with Crippen LogP contribution in [0.15, 0.2) is 60.7 Å². The molecule has 0 spiro atoms. The second kappa shape index (κ2) is 9.26. The Morgan fingerprint density at radius 1 is 0.486 bits per heavy atom. The molecular formula is C30H31NO4. The van der Waals surface area contributed by atoms with Crippen molar-refractivity contribution >= 4 is 17.1 Å². The highest BCUT2D eigenvalue weighted by molar-refractivity contribution is 5.82. The van der Waals surface area contributed by atoms with Gasteiger partial charge in [0.25, 0.3) is 0 Å². The van der Waals surface area contributed by atoms with Gasteiger partial charge < -0.3 is 25.0 Å². The summed E-state index contributed by atoms with van der Waals surface area (Å²) in [5.74, 6) is 2.14. The Labute approximate surface area is 206 Å². The number of aromatic hydroxyl groups is 3. The van der Waals surface area contributed by atoms with Crippen LogP contribution in [0.25, 0.3) is 0 Å². The lowest BCUT2D eigenvalue weighted by molar-refractivity contribution is 0.457. The maximum atomic E-state index is 10.2. The van der Waals surface area contributed by atoms with Crippen LogP contribution in [0.3, 0.4) is 0 Å². The average Bonchev–Trinajstić information content (AvgIpc) is 2.85. The number of nitrogens with zero attached hydrogens (tertiary/aromatic N) is 1. The van der Waals surface area contributed by atoms with Gasteiger partial charge in [-0.2, -0.15) is 0 Å². The monoisotopic (exact) mass is 469 g/mol. The first-order valence-corrected chi connectivity index (χ1v) is 11.6. The van der Waals surface area contributed by atoms with E-state index in [1.54, 1.807) is 24.3 Å². The summed E-state index contributed by atoms with van der Waals surface area (Å²) in [5.41, 5.74) is 8.04. The summed E-state index contributed by atoms with van der Waals surface area (Å²) in [6.45, 7) is 11.6. The molecule has 3 N–H and O–H groups in total. The minimum atomic E-state index is 0.250. The molecule has 0 atom stereocenters. The van der Waals surface area contributed by atoms with Crippen molar-refractivity contribution < 1.29 is 20.1 Å². The number of benzene rings is 4. The second-order valence-corrected chi connectivity index (χ2v) is 8.97. The van der Waals surface area contributed by atoms with Gasteiger partial charge in [0.05, 0.1) is 0 Å². The molecule has 0 radical (unpaired) electrons.